The molecule has 1 heterocycles. The molecule has 68 valence electrons. The number of ketones is 1. The SMILES string of the molecule is O=C(O)C(=O)c1cc(Cl)nc(Cl)c1. The van der Waals surface area contributed by atoms with Crippen LogP contribution in [0.4, 0.5) is 0 Å². The summed E-state index contributed by atoms with van der Waals surface area (Å²) in [4.78, 5) is 24.7. The van der Waals surface area contributed by atoms with Crippen molar-refractivity contribution in [3.8, 4) is 0 Å². The van der Waals surface area contributed by atoms with Gasteiger partial charge in [-0.3, -0.25) is 4.79 Å². The van der Waals surface area contributed by atoms with E-state index in [0.29, 0.717) is 0 Å². The lowest BCUT2D eigenvalue weighted by molar-refractivity contribution is -0.131. The summed E-state index contributed by atoms with van der Waals surface area (Å²) in [5.41, 5.74) is -0.0856. The largest absolute Gasteiger partial charge is 0.475 e. The van der Waals surface area contributed by atoms with E-state index < -0.39 is 11.8 Å². The monoisotopic (exact) mass is 219 g/mol. The molecule has 0 aliphatic carbocycles. The summed E-state index contributed by atoms with van der Waals surface area (Å²) in [6.07, 6.45) is 0. The molecular formula is C7H3Cl2NO3. The van der Waals surface area contributed by atoms with Gasteiger partial charge in [-0.05, 0) is 12.1 Å². The van der Waals surface area contributed by atoms with Crippen molar-refractivity contribution in [2.24, 2.45) is 0 Å². The van der Waals surface area contributed by atoms with Crippen molar-refractivity contribution in [3.05, 3.63) is 28.0 Å². The van der Waals surface area contributed by atoms with Crippen molar-refractivity contribution in [2.75, 3.05) is 0 Å². The van der Waals surface area contributed by atoms with Gasteiger partial charge in [0.25, 0.3) is 5.78 Å². The van der Waals surface area contributed by atoms with Crippen LogP contribution in [0.1, 0.15) is 10.4 Å². The molecule has 0 amide bonds. The third-order valence-electron chi connectivity index (χ3n) is 1.22. The van der Waals surface area contributed by atoms with Crippen LogP contribution in [0.25, 0.3) is 0 Å². The third kappa shape index (κ3) is 2.40. The highest BCUT2D eigenvalue weighted by Crippen LogP contribution is 2.14. The van der Waals surface area contributed by atoms with Crippen LogP contribution in [0, 0.1) is 0 Å². The van der Waals surface area contributed by atoms with Gasteiger partial charge in [0.1, 0.15) is 10.3 Å². The second kappa shape index (κ2) is 3.72. The van der Waals surface area contributed by atoms with Crippen molar-refractivity contribution < 1.29 is 14.7 Å². The van der Waals surface area contributed by atoms with E-state index in [1.54, 1.807) is 0 Å². The first-order valence-corrected chi connectivity index (χ1v) is 3.87. The molecule has 1 rings (SSSR count). The Morgan fingerprint density at radius 3 is 2.08 bits per heavy atom. The van der Waals surface area contributed by atoms with Crippen molar-refractivity contribution in [3.63, 3.8) is 0 Å². The van der Waals surface area contributed by atoms with Gasteiger partial charge in [-0.25, -0.2) is 9.78 Å². The van der Waals surface area contributed by atoms with E-state index in [0.717, 1.165) is 12.1 Å². The van der Waals surface area contributed by atoms with Crippen molar-refractivity contribution in [2.45, 2.75) is 0 Å². The highest BCUT2D eigenvalue weighted by atomic mass is 35.5. The summed E-state index contributed by atoms with van der Waals surface area (Å²) in [6.45, 7) is 0. The predicted molar refractivity (Wildman–Crippen MR) is 46.2 cm³/mol. The predicted octanol–water partition coefficient (Wildman–Crippen LogP) is 1.66. The minimum atomic E-state index is -1.56. The summed E-state index contributed by atoms with van der Waals surface area (Å²) in [5, 5.41) is 8.33. The van der Waals surface area contributed by atoms with Crippen LogP contribution in [0.3, 0.4) is 0 Å². The second-order valence-corrected chi connectivity index (χ2v) is 2.91. The average Bonchev–Trinajstić information content (AvgIpc) is 2.01. The maximum Gasteiger partial charge on any atom is 0.377 e. The molecule has 13 heavy (non-hydrogen) atoms. The highest BCUT2D eigenvalue weighted by molar-refractivity contribution is 6.41. The maximum absolute atomic E-state index is 10.9. The molecule has 0 atom stereocenters. The summed E-state index contributed by atoms with van der Waals surface area (Å²) < 4.78 is 0. The first kappa shape index (κ1) is 9.95. The number of pyridine rings is 1. The lowest BCUT2D eigenvalue weighted by Gasteiger charge is -1.97. The fraction of sp³-hybridized carbons (Fsp3) is 0. The number of rotatable bonds is 2. The molecule has 0 aliphatic rings. The number of Topliss-reactive ketones (excluding diaryl/α,β-unsaturated/α-hetero) is 1. The number of carbonyl (C=O) groups is 2. The molecule has 0 saturated heterocycles. The van der Waals surface area contributed by atoms with Crippen LogP contribution >= 0.6 is 23.2 Å². The Bertz CT molecular complexity index is 358. The molecule has 0 radical (unpaired) electrons. The fourth-order valence-electron chi connectivity index (χ4n) is 0.719. The maximum atomic E-state index is 10.9. The minimum absolute atomic E-state index is 0.0166. The van der Waals surface area contributed by atoms with E-state index in [-0.39, 0.29) is 15.9 Å². The molecular weight excluding hydrogens is 217 g/mol. The molecule has 0 saturated carbocycles. The van der Waals surface area contributed by atoms with Gasteiger partial charge >= 0.3 is 5.97 Å². The number of hydrogen-bond donors (Lipinski definition) is 1. The highest BCUT2D eigenvalue weighted by Gasteiger charge is 2.15. The normalized spacial score (nSPS) is 9.69. The van der Waals surface area contributed by atoms with E-state index in [4.69, 9.17) is 28.3 Å². The van der Waals surface area contributed by atoms with Crippen LogP contribution in [-0.4, -0.2) is 21.8 Å². The quantitative estimate of drug-likeness (QED) is 0.467. The Hall–Kier alpha value is -1.13. The molecule has 0 aliphatic heterocycles. The van der Waals surface area contributed by atoms with Crippen LogP contribution in [0.2, 0.25) is 10.3 Å². The zero-order chi connectivity index (χ0) is 10.0. The van der Waals surface area contributed by atoms with E-state index in [1.807, 2.05) is 0 Å². The second-order valence-electron chi connectivity index (χ2n) is 2.14. The van der Waals surface area contributed by atoms with Crippen LogP contribution in [-0.2, 0) is 4.79 Å². The zero-order valence-electron chi connectivity index (χ0n) is 6.12. The van der Waals surface area contributed by atoms with Crippen molar-refractivity contribution in [1.82, 2.24) is 4.98 Å². The Balaban J connectivity index is 3.15. The molecule has 0 spiro atoms. The van der Waals surface area contributed by atoms with Crippen LogP contribution in [0.5, 0.6) is 0 Å². The smallest absolute Gasteiger partial charge is 0.377 e. The van der Waals surface area contributed by atoms with Crippen molar-refractivity contribution >= 4 is 35.0 Å². The first-order valence-electron chi connectivity index (χ1n) is 3.11. The van der Waals surface area contributed by atoms with E-state index in [9.17, 15) is 9.59 Å². The molecule has 0 fully saturated rings. The number of carboxylic acid groups (broad SMARTS) is 1. The lowest BCUT2D eigenvalue weighted by atomic mass is 10.2. The fourth-order valence-corrected chi connectivity index (χ4v) is 1.18. The van der Waals surface area contributed by atoms with Gasteiger partial charge in [0.2, 0.25) is 0 Å². The molecule has 4 nitrogen and oxygen atoms in total. The molecule has 1 aromatic rings. The van der Waals surface area contributed by atoms with E-state index in [2.05, 4.69) is 4.98 Å². The number of carbonyl (C=O) groups excluding carboxylic acids is 1. The Labute approximate surface area is 83.1 Å². The van der Waals surface area contributed by atoms with Crippen LogP contribution < -0.4 is 0 Å². The summed E-state index contributed by atoms with van der Waals surface area (Å²) in [6, 6.07) is 2.29. The number of aliphatic carboxylic acids is 1. The van der Waals surface area contributed by atoms with E-state index >= 15 is 0 Å². The third-order valence-corrected chi connectivity index (χ3v) is 1.61. The minimum Gasteiger partial charge on any atom is -0.475 e. The van der Waals surface area contributed by atoms with Crippen molar-refractivity contribution in [1.29, 1.82) is 0 Å². The van der Waals surface area contributed by atoms with Gasteiger partial charge in [-0.1, -0.05) is 23.2 Å². The molecule has 1 N–H and O–H groups in total. The average molecular weight is 220 g/mol. The Morgan fingerprint density at radius 2 is 1.69 bits per heavy atom. The molecule has 0 bridgehead atoms. The number of carboxylic acids is 1. The summed E-state index contributed by atoms with van der Waals surface area (Å²) in [7, 11) is 0. The molecule has 0 aromatic carbocycles. The van der Waals surface area contributed by atoms with Gasteiger partial charge in [0.15, 0.2) is 0 Å². The van der Waals surface area contributed by atoms with Gasteiger partial charge in [0, 0.05) is 5.56 Å². The van der Waals surface area contributed by atoms with E-state index in [1.165, 1.54) is 0 Å². The Kier molecular flexibility index (Phi) is 2.85. The molecule has 0 unspecified atom stereocenters. The zero-order valence-corrected chi connectivity index (χ0v) is 7.63. The van der Waals surface area contributed by atoms with Crippen LogP contribution in [0.15, 0.2) is 12.1 Å². The molecule has 6 heteroatoms. The van der Waals surface area contributed by atoms with Gasteiger partial charge in [-0.2, -0.15) is 0 Å². The standard InChI is InChI=1S/C7H3Cl2NO3/c8-4-1-3(2-5(9)10-4)6(11)7(12)13/h1-2H,(H,12,13). The topological polar surface area (TPSA) is 67.3 Å². The van der Waals surface area contributed by atoms with Gasteiger partial charge in [-0.15, -0.1) is 0 Å². The first-order chi connectivity index (χ1) is 6.00. The molecule has 1 aromatic heterocycles. The lowest BCUT2D eigenvalue weighted by Crippen LogP contribution is -2.12. The number of aromatic nitrogens is 1. The summed E-state index contributed by atoms with van der Waals surface area (Å²) in [5.74, 6) is -2.62. The number of halogens is 2. The number of hydrogen-bond acceptors (Lipinski definition) is 3. The van der Waals surface area contributed by atoms with Gasteiger partial charge < -0.3 is 5.11 Å². The van der Waals surface area contributed by atoms with Gasteiger partial charge in [0.05, 0.1) is 0 Å². The summed E-state index contributed by atoms with van der Waals surface area (Å²) >= 11 is 10.9. The Morgan fingerprint density at radius 1 is 1.23 bits per heavy atom. The number of nitrogens with zero attached hydrogens (tertiary/aromatic N) is 1.